The lowest BCUT2D eigenvalue weighted by Gasteiger charge is -2.17. The number of ether oxygens (including phenoxy) is 4. The highest BCUT2D eigenvalue weighted by atomic mass is 16.7. The third-order valence-electron chi connectivity index (χ3n) is 4.21. The number of hydrogen-bond acceptors (Lipinski definition) is 8. The third kappa shape index (κ3) is 6.06. The molecule has 0 aromatic heterocycles. The monoisotopic (exact) mass is 372 g/mol. The molecule has 1 N–H and O–H groups in total. The summed E-state index contributed by atoms with van der Waals surface area (Å²) in [7, 11) is 0. The fourth-order valence-electron chi connectivity index (χ4n) is 2.95. The molecule has 0 saturated carbocycles. The minimum absolute atomic E-state index is 0.00868. The van der Waals surface area contributed by atoms with Crippen molar-refractivity contribution in [2.75, 3.05) is 13.2 Å². The number of fused-ring (bicyclic) bond motifs is 1. The molecular formula is C17H24O9. The molecule has 0 spiro atoms. The first kappa shape index (κ1) is 20.3. The summed E-state index contributed by atoms with van der Waals surface area (Å²) in [6.07, 6.45) is -1.13. The van der Waals surface area contributed by atoms with Gasteiger partial charge in [0.25, 0.3) is 0 Å². The Kier molecular flexibility index (Phi) is 7.52. The Morgan fingerprint density at radius 1 is 0.846 bits per heavy atom. The fraction of sp³-hybridized carbons (Fsp3) is 0.765. The van der Waals surface area contributed by atoms with E-state index < -0.39 is 42.3 Å². The molecule has 2 heterocycles. The van der Waals surface area contributed by atoms with Crippen LogP contribution in [0.4, 0.5) is 0 Å². The summed E-state index contributed by atoms with van der Waals surface area (Å²) in [5.74, 6) is -1.87. The van der Waals surface area contributed by atoms with Crippen molar-refractivity contribution in [1.82, 2.24) is 0 Å². The molecule has 2 saturated heterocycles. The van der Waals surface area contributed by atoms with Crippen LogP contribution in [0.15, 0.2) is 0 Å². The summed E-state index contributed by atoms with van der Waals surface area (Å²) >= 11 is 0. The Labute approximate surface area is 150 Å². The minimum Gasteiger partial charge on any atom is -0.481 e. The van der Waals surface area contributed by atoms with Crippen LogP contribution in [0.1, 0.15) is 45.4 Å². The van der Waals surface area contributed by atoms with Gasteiger partial charge in [-0.2, -0.15) is 0 Å². The highest BCUT2D eigenvalue weighted by Gasteiger charge is 2.51. The van der Waals surface area contributed by atoms with E-state index in [1.54, 1.807) is 0 Å². The Hall–Kier alpha value is -2.00. The normalized spacial score (nSPS) is 27.0. The standard InChI is InChI=1S/C17H24O9/c1-10(18)4-2-6-14(21)25-11-8-23-17-12(9-24-16(11)17)26-15(22)7-3-5-13(19)20/h11-12,16-17H,2-9H2,1H3,(H,19,20)/t11-,12-,16+,17+/m0/s1. The van der Waals surface area contributed by atoms with Gasteiger partial charge in [0.05, 0.1) is 13.2 Å². The Morgan fingerprint density at radius 2 is 1.31 bits per heavy atom. The van der Waals surface area contributed by atoms with Crippen LogP contribution in [0.3, 0.4) is 0 Å². The maximum Gasteiger partial charge on any atom is 0.306 e. The predicted molar refractivity (Wildman–Crippen MR) is 85.3 cm³/mol. The van der Waals surface area contributed by atoms with E-state index in [1.165, 1.54) is 6.92 Å². The first-order valence-corrected chi connectivity index (χ1v) is 8.70. The van der Waals surface area contributed by atoms with Crippen LogP contribution in [-0.2, 0) is 38.1 Å². The van der Waals surface area contributed by atoms with Gasteiger partial charge in [0.1, 0.15) is 18.0 Å². The van der Waals surface area contributed by atoms with Crippen molar-refractivity contribution in [2.24, 2.45) is 0 Å². The molecule has 2 aliphatic heterocycles. The quantitative estimate of drug-likeness (QED) is 0.549. The molecule has 0 amide bonds. The van der Waals surface area contributed by atoms with Crippen LogP contribution in [0.2, 0.25) is 0 Å². The van der Waals surface area contributed by atoms with E-state index >= 15 is 0 Å². The van der Waals surface area contributed by atoms with Crippen LogP contribution >= 0.6 is 0 Å². The zero-order valence-electron chi connectivity index (χ0n) is 14.7. The van der Waals surface area contributed by atoms with Gasteiger partial charge < -0.3 is 28.8 Å². The zero-order valence-corrected chi connectivity index (χ0v) is 14.7. The second-order valence-corrected chi connectivity index (χ2v) is 6.46. The SMILES string of the molecule is CC(=O)CCCC(=O)O[C@H]1CO[C@H]2[C@@H]1OC[C@@H]2OC(=O)CCCC(=O)O. The smallest absolute Gasteiger partial charge is 0.306 e. The maximum atomic E-state index is 11.8. The lowest BCUT2D eigenvalue weighted by molar-refractivity contribution is -0.155. The molecule has 0 aromatic rings. The van der Waals surface area contributed by atoms with Crippen molar-refractivity contribution in [1.29, 1.82) is 0 Å². The highest BCUT2D eigenvalue weighted by Crippen LogP contribution is 2.31. The molecule has 2 aliphatic rings. The van der Waals surface area contributed by atoms with Gasteiger partial charge in [0.2, 0.25) is 0 Å². The first-order valence-electron chi connectivity index (χ1n) is 8.70. The van der Waals surface area contributed by atoms with Crippen LogP contribution < -0.4 is 0 Å². The molecule has 0 unspecified atom stereocenters. The van der Waals surface area contributed by atoms with Crippen LogP contribution in [0.5, 0.6) is 0 Å². The van der Waals surface area contributed by atoms with Crippen LogP contribution in [-0.4, -0.2) is 66.4 Å². The number of Topliss-reactive ketones (excluding diaryl/α,β-unsaturated/α-hetero) is 1. The summed E-state index contributed by atoms with van der Waals surface area (Å²) in [5, 5.41) is 8.57. The van der Waals surface area contributed by atoms with Gasteiger partial charge in [-0.15, -0.1) is 0 Å². The van der Waals surface area contributed by atoms with Crippen molar-refractivity contribution in [3.63, 3.8) is 0 Å². The van der Waals surface area contributed by atoms with E-state index in [4.69, 9.17) is 24.1 Å². The summed E-state index contributed by atoms with van der Waals surface area (Å²) in [6, 6.07) is 0. The second-order valence-electron chi connectivity index (χ2n) is 6.46. The van der Waals surface area contributed by atoms with Crippen LogP contribution in [0, 0.1) is 0 Å². The molecule has 9 heteroatoms. The molecule has 0 aliphatic carbocycles. The van der Waals surface area contributed by atoms with Crippen molar-refractivity contribution < 1.29 is 43.2 Å². The summed E-state index contributed by atoms with van der Waals surface area (Å²) in [4.78, 5) is 44.9. The molecule has 0 radical (unpaired) electrons. The van der Waals surface area contributed by atoms with Gasteiger partial charge >= 0.3 is 17.9 Å². The first-order chi connectivity index (χ1) is 12.4. The van der Waals surface area contributed by atoms with E-state index in [1.807, 2.05) is 0 Å². The van der Waals surface area contributed by atoms with E-state index in [0.717, 1.165) is 0 Å². The molecule has 0 aromatic carbocycles. The van der Waals surface area contributed by atoms with E-state index in [-0.39, 0.29) is 44.7 Å². The number of ketones is 1. The molecule has 26 heavy (non-hydrogen) atoms. The van der Waals surface area contributed by atoms with Gasteiger partial charge in [-0.1, -0.05) is 0 Å². The number of carboxylic acid groups (broad SMARTS) is 1. The van der Waals surface area contributed by atoms with E-state index in [9.17, 15) is 19.2 Å². The number of aliphatic carboxylic acids is 1. The Bertz CT molecular complexity index is 496. The molecule has 0 bridgehead atoms. The minimum atomic E-state index is -0.964. The summed E-state index contributed by atoms with van der Waals surface area (Å²) in [6.45, 7) is 1.76. The summed E-state index contributed by atoms with van der Waals surface area (Å²) in [5.41, 5.74) is 0. The van der Waals surface area contributed by atoms with Gasteiger partial charge in [-0.25, -0.2) is 0 Å². The number of rotatable bonds is 10. The number of carbonyl (C=O) groups excluding carboxylic acids is 3. The average Bonchev–Trinajstić information content (AvgIpc) is 3.10. The third-order valence-corrected chi connectivity index (χ3v) is 4.21. The average molecular weight is 372 g/mol. The number of carboxylic acids is 1. The molecule has 2 fully saturated rings. The van der Waals surface area contributed by atoms with Gasteiger partial charge in [0.15, 0.2) is 12.2 Å². The van der Waals surface area contributed by atoms with Crippen molar-refractivity contribution in [2.45, 2.75) is 69.9 Å². The van der Waals surface area contributed by atoms with Gasteiger partial charge in [-0.3, -0.25) is 14.4 Å². The number of hydrogen-bond donors (Lipinski definition) is 1. The topological polar surface area (TPSA) is 125 Å². The van der Waals surface area contributed by atoms with Gasteiger partial charge in [0, 0.05) is 25.7 Å². The Morgan fingerprint density at radius 3 is 1.73 bits per heavy atom. The summed E-state index contributed by atoms with van der Waals surface area (Å²) < 4.78 is 21.8. The van der Waals surface area contributed by atoms with E-state index in [2.05, 4.69) is 0 Å². The van der Waals surface area contributed by atoms with Crippen molar-refractivity contribution in [3.8, 4) is 0 Å². The van der Waals surface area contributed by atoms with Crippen LogP contribution in [0.25, 0.3) is 0 Å². The van der Waals surface area contributed by atoms with Crippen molar-refractivity contribution >= 4 is 23.7 Å². The number of carbonyl (C=O) groups is 4. The largest absolute Gasteiger partial charge is 0.481 e. The highest BCUT2D eigenvalue weighted by molar-refractivity contribution is 5.76. The van der Waals surface area contributed by atoms with Crippen molar-refractivity contribution in [3.05, 3.63) is 0 Å². The van der Waals surface area contributed by atoms with E-state index in [0.29, 0.717) is 12.8 Å². The fourth-order valence-corrected chi connectivity index (χ4v) is 2.95. The predicted octanol–water partition coefficient (Wildman–Crippen LogP) is 0.622. The maximum absolute atomic E-state index is 11.8. The lowest BCUT2D eigenvalue weighted by atomic mass is 10.1. The Balaban J connectivity index is 1.72. The molecule has 146 valence electrons. The zero-order chi connectivity index (χ0) is 19.1. The molecule has 2 rings (SSSR count). The molecule has 9 nitrogen and oxygen atoms in total. The molecular weight excluding hydrogens is 348 g/mol. The lowest BCUT2D eigenvalue weighted by Crippen LogP contribution is -2.36. The number of esters is 2. The second kappa shape index (κ2) is 9.63. The molecule has 4 atom stereocenters. The van der Waals surface area contributed by atoms with Gasteiger partial charge in [-0.05, 0) is 19.8 Å².